The number of carbonyl (C=O) groups excluding carboxylic acids is 1. The Morgan fingerprint density at radius 2 is 2.00 bits per heavy atom. The van der Waals surface area contributed by atoms with Gasteiger partial charge in [0.15, 0.2) is 11.2 Å². The Labute approximate surface area is 109 Å². The Kier molecular flexibility index (Phi) is 4.15. The lowest BCUT2D eigenvalue weighted by atomic mass is 10.4. The van der Waals surface area contributed by atoms with E-state index >= 15 is 0 Å². The van der Waals surface area contributed by atoms with Gasteiger partial charge in [0.05, 0.1) is 6.54 Å². The fraction of sp³-hybridized carbons (Fsp3) is 0.231. The van der Waals surface area contributed by atoms with Crippen LogP contribution in [0.3, 0.4) is 0 Å². The number of amides is 1. The van der Waals surface area contributed by atoms with Gasteiger partial charge in [-0.15, -0.1) is 0 Å². The second-order valence-electron chi connectivity index (χ2n) is 4.02. The third-order valence-electron chi connectivity index (χ3n) is 2.51. The van der Waals surface area contributed by atoms with Crippen LogP contribution in [0.15, 0.2) is 45.9 Å². The summed E-state index contributed by atoms with van der Waals surface area (Å²) in [7, 11) is 0. The quantitative estimate of drug-likeness (QED) is 0.803. The van der Waals surface area contributed by atoms with E-state index < -0.39 is 0 Å². The van der Waals surface area contributed by atoms with E-state index in [0.717, 1.165) is 0 Å². The normalized spacial score (nSPS) is 10.4. The van der Waals surface area contributed by atoms with Gasteiger partial charge in [-0.3, -0.25) is 9.59 Å². The second-order valence-corrected chi connectivity index (χ2v) is 4.02. The summed E-state index contributed by atoms with van der Waals surface area (Å²) < 4.78 is 7.22. The van der Waals surface area contributed by atoms with Gasteiger partial charge in [0.2, 0.25) is 0 Å². The average molecular weight is 261 g/mol. The van der Waals surface area contributed by atoms with Crippen molar-refractivity contribution >= 4 is 5.91 Å². The number of furan rings is 1. The molecule has 100 valence electrons. The Balaban J connectivity index is 2.02. The topological polar surface area (TPSA) is 90.3 Å². The van der Waals surface area contributed by atoms with Gasteiger partial charge in [0.1, 0.15) is 5.76 Å². The lowest BCUT2D eigenvalue weighted by Crippen LogP contribution is -2.28. The summed E-state index contributed by atoms with van der Waals surface area (Å²) in [5.41, 5.74) is 5.26. The molecule has 6 nitrogen and oxygen atoms in total. The maximum absolute atomic E-state index is 11.6. The number of nitrogens with zero attached hydrogens (tertiary/aromatic N) is 1. The maximum Gasteiger partial charge on any atom is 0.287 e. The van der Waals surface area contributed by atoms with Gasteiger partial charge in [0.25, 0.3) is 5.91 Å². The summed E-state index contributed by atoms with van der Waals surface area (Å²) in [4.78, 5) is 22.6. The Morgan fingerprint density at radius 1 is 1.26 bits per heavy atom. The molecule has 0 radical (unpaired) electrons. The smallest absolute Gasteiger partial charge is 0.287 e. The van der Waals surface area contributed by atoms with Gasteiger partial charge in [0, 0.05) is 37.6 Å². The number of carbonyl (C=O) groups is 1. The summed E-state index contributed by atoms with van der Waals surface area (Å²) in [6.45, 7) is 1.26. The molecule has 0 aliphatic carbocycles. The Bertz CT molecular complexity index is 595. The highest BCUT2D eigenvalue weighted by Gasteiger charge is 2.10. The number of aromatic nitrogens is 1. The van der Waals surface area contributed by atoms with Crippen molar-refractivity contribution in [1.29, 1.82) is 0 Å². The van der Waals surface area contributed by atoms with Crippen LogP contribution in [0.1, 0.15) is 16.3 Å². The number of rotatable bonds is 5. The van der Waals surface area contributed by atoms with E-state index in [1.54, 1.807) is 29.1 Å². The van der Waals surface area contributed by atoms with Crippen molar-refractivity contribution in [2.75, 3.05) is 13.1 Å². The van der Waals surface area contributed by atoms with E-state index in [0.29, 0.717) is 25.4 Å². The molecule has 0 saturated carbocycles. The van der Waals surface area contributed by atoms with Crippen LogP contribution in [-0.2, 0) is 6.54 Å². The number of nitrogens with one attached hydrogen (secondary N) is 1. The van der Waals surface area contributed by atoms with E-state index in [1.165, 1.54) is 12.1 Å². The van der Waals surface area contributed by atoms with Gasteiger partial charge in [-0.1, -0.05) is 0 Å². The average Bonchev–Trinajstić information content (AvgIpc) is 2.87. The van der Waals surface area contributed by atoms with Gasteiger partial charge in [-0.2, -0.15) is 0 Å². The molecule has 0 unspecified atom stereocenters. The molecule has 0 aromatic carbocycles. The van der Waals surface area contributed by atoms with E-state index in [-0.39, 0.29) is 17.1 Å². The zero-order valence-corrected chi connectivity index (χ0v) is 10.3. The molecular weight excluding hydrogens is 246 g/mol. The molecule has 2 heterocycles. The molecule has 0 atom stereocenters. The first kappa shape index (κ1) is 13.1. The van der Waals surface area contributed by atoms with Crippen molar-refractivity contribution in [1.82, 2.24) is 9.88 Å². The van der Waals surface area contributed by atoms with Crippen molar-refractivity contribution in [3.05, 3.63) is 58.4 Å². The molecule has 0 aliphatic rings. The van der Waals surface area contributed by atoms with E-state index in [4.69, 9.17) is 10.2 Å². The highest BCUT2D eigenvalue weighted by Crippen LogP contribution is 2.09. The fourth-order valence-electron chi connectivity index (χ4n) is 1.59. The van der Waals surface area contributed by atoms with Crippen LogP contribution >= 0.6 is 0 Å². The number of hydrogen-bond donors (Lipinski definition) is 2. The van der Waals surface area contributed by atoms with Gasteiger partial charge in [-0.05, 0) is 12.1 Å². The lowest BCUT2D eigenvalue weighted by Gasteiger charge is -2.03. The summed E-state index contributed by atoms with van der Waals surface area (Å²) in [5.74, 6) is 0.614. The zero-order chi connectivity index (χ0) is 13.7. The summed E-state index contributed by atoms with van der Waals surface area (Å²) in [6.07, 6.45) is 3.33. The van der Waals surface area contributed by atoms with Crippen LogP contribution in [0.5, 0.6) is 0 Å². The second kappa shape index (κ2) is 6.01. The van der Waals surface area contributed by atoms with E-state index in [9.17, 15) is 9.59 Å². The molecule has 0 aliphatic heterocycles. The lowest BCUT2D eigenvalue weighted by molar-refractivity contribution is 0.0925. The van der Waals surface area contributed by atoms with Crippen LogP contribution in [-0.4, -0.2) is 23.6 Å². The third-order valence-corrected chi connectivity index (χ3v) is 2.51. The number of pyridine rings is 1. The number of nitrogens with two attached hydrogens (primary N) is 1. The molecule has 6 heteroatoms. The molecule has 0 spiro atoms. The summed E-state index contributed by atoms with van der Waals surface area (Å²) in [5, 5.41) is 2.63. The molecule has 3 N–H and O–H groups in total. The zero-order valence-electron chi connectivity index (χ0n) is 10.3. The molecule has 2 aromatic rings. The Morgan fingerprint density at radius 3 is 2.68 bits per heavy atom. The van der Waals surface area contributed by atoms with Crippen LogP contribution in [0.25, 0.3) is 0 Å². The first-order valence-electron chi connectivity index (χ1n) is 5.92. The monoisotopic (exact) mass is 261 g/mol. The molecule has 0 saturated heterocycles. The predicted octanol–water partition coefficient (Wildman–Crippen LogP) is 0.178. The van der Waals surface area contributed by atoms with E-state index in [2.05, 4.69) is 5.32 Å². The van der Waals surface area contributed by atoms with Gasteiger partial charge >= 0.3 is 0 Å². The molecule has 0 bridgehead atoms. The maximum atomic E-state index is 11.6. The third kappa shape index (κ3) is 3.56. The van der Waals surface area contributed by atoms with Crippen LogP contribution < -0.4 is 16.5 Å². The summed E-state index contributed by atoms with van der Waals surface area (Å²) >= 11 is 0. The molecular formula is C13H15N3O3. The van der Waals surface area contributed by atoms with Crippen LogP contribution in [0, 0.1) is 0 Å². The summed E-state index contributed by atoms with van der Waals surface area (Å²) in [6, 6.07) is 6.29. The molecule has 1 amide bonds. The van der Waals surface area contributed by atoms with Gasteiger partial charge < -0.3 is 20.0 Å². The van der Waals surface area contributed by atoms with Crippen molar-refractivity contribution in [2.24, 2.45) is 5.73 Å². The minimum Gasteiger partial charge on any atom is -0.454 e. The molecule has 0 fully saturated rings. The highest BCUT2D eigenvalue weighted by molar-refractivity contribution is 5.91. The van der Waals surface area contributed by atoms with Crippen LogP contribution in [0.2, 0.25) is 0 Å². The van der Waals surface area contributed by atoms with Crippen molar-refractivity contribution < 1.29 is 9.21 Å². The largest absolute Gasteiger partial charge is 0.454 e. The first-order chi connectivity index (χ1) is 9.19. The van der Waals surface area contributed by atoms with Crippen molar-refractivity contribution in [2.45, 2.75) is 6.54 Å². The fourth-order valence-corrected chi connectivity index (χ4v) is 1.59. The minimum absolute atomic E-state index is 0.0439. The van der Waals surface area contributed by atoms with Crippen molar-refractivity contribution in [3.63, 3.8) is 0 Å². The number of hydrogen-bond acceptors (Lipinski definition) is 4. The SMILES string of the molecule is NCCNC(=O)c1ccc(Cn2ccc(=O)cc2)o1. The Hall–Kier alpha value is -2.34. The molecule has 2 rings (SSSR count). The van der Waals surface area contributed by atoms with Gasteiger partial charge in [-0.25, -0.2) is 0 Å². The van der Waals surface area contributed by atoms with E-state index in [1.807, 2.05) is 0 Å². The minimum atomic E-state index is -0.281. The molecule has 2 aromatic heterocycles. The standard InChI is InChI=1S/C13H15N3O3/c14-5-6-15-13(18)12-2-1-11(19-12)9-16-7-3-10(17)4-8-16/h1-4,7-8H,5-6,9,14H2,(H,15,18). The van der Waals surface area contributed by atoms with Crippen molar-refractivity contribution in [3.8, 4) is 0 Å². The predicted molar refractivity (Wildman–Crippen MR) is 69.9 cm³/mol. The highest BCUT2D eigenvalue weighted by atomic mass is 16.4. The first-order valence-corrected chi connectivity index (χ1v) is 5.92. The van der Waals surface area contributed by atoms with Crippen LogP contribution in [0.4, 0.5) is 0 Å². The molecule has 19 heavy (non-hydrogen) atoms.